The van der Waals surface area contributed by atoms with Crippen molar-refractivity contribution in [3.8, 4) is 29.0 Å². The number of carbonyl (C=O) groups is 4. The molecule has 326 valence electrons. The number of aryl methyl sites for hydroxylation is 2. The van der Waals surface area contributed by atoms with E-state index >= 15 is 0 Å². The summed E-state index contributed by atoms with van der Waals surface area (Å²) in [5, 5.41) is 10.2. The van der Waals surface area contributed by atoms with E-state index in [0.717, 1.165) is 99.4 Å². The van der Waals surface area contributed by atoms with E-state index in [9.17, 15) is 19.2 Å². The van der Waals surface area contributed by atoms with Crippen molar-refractivity contribution in [1.29, 1.82) is 0 Å². The van der Waals surface area contributed by atoms with E-state index in [4.69, 9.17) is 9.72 Å². The number of carbonyl (C=O) groups excluding carboxylic acids is 4. The van der Waals surface area contributed by atoms with Crippen LogP contribution in [0.5, 0.6) is 5.88 Å². The number of amides is 4. The van der Waals surface area contributed by atoms with Crippen LogP contribution in [-0.2, 0) is 29.7 Å². The molecule has 7 heterocycles. The van der Waals surface area contributed by atoms with E-state index in [-0.39, 0.29) is 24.1 Å². The van der Waals surface area contributed by atoms with Crippen LogP contribution >= 0.6 is 0 Å². The summed E-state index contributed by atoms with van der Waals surface area (Å²) in [7, 11) is 1.85. The van der Waals surface area contributed by atoms with Crippen molar-refractivity contribution < 1.29 is 23.9 Å². The molecule has 1 unspecified atom stereocenters. The van der Waals surface area contributed by atoms with Gasteiger partial charge in [0.2, 0.25) is 23.7 Å². The van der Waals surface area contributed by atoms with Crippen LogP contribution in [0.1, 0.15) is 95.0 Å². The van der Waals surface area contributed by atoms with E-state index in [2.05, 4.69) is 72.4 Å². The Bertz CT molecular complexity index is 2550. The smallest absolute Gasteiger partial charge is 0.280 e. The molecule has 0 spiro atoms. The molecule has 15 nitrogen and oxygen atoms in total. The lowest BCUT2D eigenvalue weighted by atomic mass is 10.0. The number of hydrogen-bond acceptors (Lipinski definition) is 11. The van der Waals surface area contributed by atoms with Crippen molar-refractivity contribution in [2.24, 2.45) is 18.0 Å². The number of nitrogens with one attached hydrogen (secondary N) is 2. The van der Waals surface area contributed by atoms with Gasteiger partial charge in [-0.25, -0.2) is 4.68 Å². The Morgan fingerprint density at radius 2 is 1.78 bits per heavy atom. The lowest BCUT2D eigenvalue weighted by molar-refractivity contribution is -0.136. The third-order valence-electron chi connectivity index (χ3n) is 12.7. The molecule has 5 aliphatic heterocycles. The second-order valence-electron chi connectivity index (χ2n) is 17.4. The summed E-state index contributed by atoms with van der Waals surface area (Å²) in [5.74, 6) is 6.90. The fraction of sp³-hybridized carbons (Fsp3) is 0.438. The molecule has 2 N–H and O–H groups in total. The largest absolute Gasteiger partial charge is 0.477 e. The first-order valence-electron chi connectivity index (χ1n) is 22.2. The van der Waals surface area contributed by atoms with Crippen LogP contribution in [-0.4, -0.2) is 111 Å². The maximum absolute atomic E-state index is 13.8. The van der Waals surface area contributed by atoms with Crippen LogP contribution in [0.4, 0.5) is 11.4 Å². The second-order valence-corrected chi connectivity index (χ2v) is 17.4. The number of unbranched alkanes of at least 4 members (excludes halogenated alkanes) is 2. The molecule has 2 fully saturated rings. The van der Waals surface area contributed by atoms with Crippen molar-refractivity contribution in [1.82, 2.24) is 34.8 Å². The quantitative estimate of drug-likeness (QED) is 0.144. The molecule has 0 saturated carbocycles. The molecule has 0 radical (unpaired) electrons. The zero-order valence-electron chi connectivity index (χ0n) is 36.3. The summed E-state index contributed by atoms with van der Waals surface area (Å²) in [6.07, 6.45) is 6.93. The Kier molecular flexibility index (Phi) is 12.1. The number of aliphatic imine (C=N–C) groups is 1. The van der Waals surface area contributed by atoms with E-state index in [1.54, 1.807) is 34.0 Å². The SMILES string of the molecule is Cc1cc2cc(n1)-c1cnn(C)c1OCCC[C@@H](C)CN1/C(=N/C2=O)Nc2ccc(CN3CCN(CCCCC#Cc4cccc5c4CN(C4CCC(=O)NC4=O)C5=O)CC3)cc21. The number of benzene rings is 2. The van der Waals surface area contributed by atoms with Gasteiger partial charge in [0.25, 0.3) is 11.8 Å². The monoisotopic (exact) mass is 850 g/mol. The predicted octanol–water partition coefficient (Wildman–Crippen LogP) is 5.13. The standard InChI is InChI=1S/C48H54N10O5/c1-31-10-9-23-63-47-37(27-49-54(47)3)40-26-35(24-32(2)50-40)44(60)53-48-51-39-15-14-33(25-42(39)58(48)28-31)29-56-21-19-55(20-22-56)18-7-5-4-6-11-34-12-8-13-36-38(34)30-57(46(36)62)41-16-17-43(59)52-45(41)61/h8,12-15,24-27,31,41H,4-5,7,9-10,16-23,28-30H2,1-3H3,(H,51,53,60)(H,52,59,61)/t31-,41?/m1/s1. The second kappa shape index (κ2) is 18.2. The van der Waals surface area contributed by atoms with Crippen molar-refractivity contribution >= 4 is 41.0 Å². The Balaban J connectivity index is 0.779. The fourth-order valence-corrected chi connectivity index (χ4v) is 9.29. The van der Waals surface area contributed by atoms with Crippen LogP contribution in [0, 0.1) is 24.7 Å². The molecule has 2 bridgehead atoms. The number of hydrogen-bond donors (Lipinski definition) is 2. The molecular weight excluding hydrogens is 797 g/mol. The van der Waals surface area contributed by atoms with E-state index in [1.807, 2.05) is 26.1 Å². The molecule has 2 aromatic heterocycles. The first kappa shape index (κ1) is 42.0. The number of rotatable bonds is 7. The lowest BCUT2D eigenvalue weighted by Crippen LogP contribution is -2.52. The maximum Gasteiger partial charge on any atom is 0.280 e. The van der Waals surface area contributed by atoms with Crippen LogP contribution in [0.15, 0.2) is 59.7 Å². The molecule has 2 atom stereocenters. The first-order chi connectivity index (χ1) is 30.6. The van der Waals surface area contributed by atoms with E-state index in [0.29, 0.717) is 66.4 Å². The minimum atomic E-state index is -0.634. The third kappa shape index (κ3) is 9.10. The Hall–Kier alpha value is -6.37. The number of anilines is 2. The van der Waals surface area contributed by atoms with Gasteiger partial charge in [0.15, 0.2) is 0 Å². The van der Waals surface area contributed by atoms with Crippen LogP contribution < -0.4 is 20.3 Å². The molecule has 9 rings (SSSR count). The van der Waals surface area contributed by atoms with Gasteiger partial charge in [-0.05, 0) is 99.0 Å². The molecule has 2 saturated heterocycles. The van der Waals surface area contributed by atoms with Crippen molar-refractivity contribution in [2.75, 3.05) is 56.1 Å². The highest BCUT2D eigenvalue weighted by Crippen LogP contribution is 2.36. The van der Waals surface area contributed by atoms with E-state index < -0.39 is 11.9 Å². The molecule has 5 aliphatic rings. The number of fused-ring (bicyclic) bond motifs is 8. The first-order valence-corrected chi connectivity index (χ1v) is 22.2. The summed E-state index contributed by atoms with van der Waals surface area (Å²) in [6.45, 7) is 11.6. The molecule has 0 aliphatic carbocycles. The highest BCUT2D eigenvalue weighted by atomic mass is 16.5. The summed E-state index contributed by atoms with van der Waals surface area (Å²) in [6, 6.07) is 15.0. The number of piperidine rings is 1. The summed E-state index contributed by atoms with van der Waals surface area (Å²) in [4.78, 5) is 69.3. The number of ether oxygens (including phenoxy) is 1. The molecule has 2 aromatic carbocycles. The minimum absolute atomic E-state index is 0.178. The Morgan fingerprint density at radius 3 is 2.62 bits per heavy atom. The summed E-state index contributed by atoms with van der Waals surface area (Å²) < 4.78 is 7.96. The van der Waals surface area contributed by atoms with Gasteiger partial charge in [-0.1, -0.05) is 30.9 Å². The molecular formula is C48H54N10O5. The topological polar surface area (TPSA) is 158 Å². The fourth-order valence-electron chi connectivity index (χ4n) is 9.29. The van der Waals surface area contributed by atoms with Gasteiger partial charge < -0.3 is 24.8 Å². The Labute approximate surface area is 367 Å². The van der Waals surface area contributed by atoms with Gasteiger partial charge in [0.1, 0.15) is 6.04 Å². The van der Waals surface area contributed by atoms with Crippen LogP contribution in [0.25, 0.3) is 11.3 Å². The average Bonchev–Trinajstić information content (AvgIpc) is 3.92. The third-order valence-corrected chi connectivity index (χ3v) is 12.7. The van der Waals surface area contributed by atoms with Gasteiger partial charge in [-0.2, -0.15) is 10.1 Å². The van der Waals surface area contributed by atoms with Crippen LogP contribution in [0.3, 0.4) is 0 Å². The van der Waals surface area contributed by atoms with Gasteiger partial charge in [0, 0.05) is 88.1 Å². The highest BCUT2D eigenvalue weighted by Gasteiger charge is 2.40. The van der Waals surface area contributed by atoms with Gasteiger partial charge in [0.05, 0.1) is 35.4 Å². The Morgan fingerprint density at radius 1 is 0.937 bits per heavy atom. The predicted molar refractivity (Wildman–Crippen MR) is 239 cm³/mol. The minimum Gasteiger partial charge on any atom is -0.477 e. The zero-order chi connectivity index (χ0) is 43.6. The normalized spacial score (nSPS) is 21.3. The maximum atomic E-state index is 13.8. The van der Waals surface area contributed by atoms with Gasteiger partial charge >= 0.3 is 0 Å². The van der Waals surface area contributed by atoms with Crippen LogP contribution in [0.2, 0.25) is 0 Å². The van der Waals surface area contributed by atoms with Crippen molar-refractivity contribution in [3.05, 3.63) is 88.2 Å². The number of aromatic nitrogens is 3. The molecule has 4 amide bonds. The summed E-state index contributed by atoms with van der Waals surface area (Å²) >= 11 is 0. The molecule has 63 heavy (non-hydrogen) atoms. The number of piperazine rings is 1. The molecule has 4 aromatic rings. The number of nitrogens with zero attached hydrogens (tertiary/aromatic N) is 8. The average molecular weight is 851 g/mol. The van der Waals surface area contributed by atoms with Gasteiger partial charge in [-0.3, -0.25) is 34.4 Å². The molecule has 15 heteroatoms. The van der Waals surface area contributed by atoms with E-state index in [1.165, 1.54) is 5.56 Å². The van der Waals surface area contributed by atoms with Crippen molar-refractivity contribution in [2.45, 2.75) is 77.9 Å². The summed E-state index contributed by atoms with van der Waals surface area (Å²) in [5.41, 5.74) is 8.05. The van der Waals surface area contributed by atoms with Gasteiger partial charge in [-0.15, -0.1) is 0 Å². The lowest BCUT2D eigenvalue weighted by Gasteiger charge is -2.34. The number of pyridine rings is 1. The number of guanidine groups is 1. The zero-order valence-corrected chi connectivity index (χ0v) is 36.3. The highest BCUT2D eigenvalue weighted by molar-refractivity contribution is 6.19. The van der Waals surface area contributed by atoms with Crippen molar-refractivity contribution in [3.63, 3.8) is 0 Å². The number of imide groups is 1.